The molecule has 0 amide bonds. The van der Waals surface area contributed by atoms with Gasteiger partial charge < -0.3 is 24.8 Å². The van der Waals surface area contributed by atoms with Crippen LogP contribution in [0.4, 0.5) is 0 Å². The molecule has 0 aromatic rings. The van der Waals surface area contributed by atoms with Gasteiger partial charge in [0, 0.05) is 0 Å². The molecule has 66 valence electrons. The summed E-state index contributed by atoms with van der Waals surface area (Å²) in [5.41, 5.74) is 0. The number of allylic oxidation sites excluding steroid dienone is 2. The van der Waals surface area contributed by atoms with Gasteiger partial charge in [-0.15, -0.1) is 0 Å². The Morgan fingerprint density at radius 1 is 1.09 bits per heavy atom. The molecule has 0 aromatic carbocycles. The Balaban J connectivity index is -0.0000000383. The summed E-state index contributed by atoms with van der Waals surface area (Å²) in [5, 5.41) is 1.22. The molecule has 0 atom stereocenters. The number of rotatable bonds is 1. The van der Waals surface area contributed by atoms with Gasteiger partial charge in [0.1, 0.15) is 0 Å². The molecule has 0 aromatic heterocycles. The van der Waals surface area contributed by atoms with E-state index in [1.807, 2.05) is 26.0 Å². The summed E-state index contributed by atoms with van der Waals surface area (Å²) in [6, 6.07) is 0. The van der Waals surface area contributed by atoms with Gasteiger partial charge in [-0.1, -0.05) is 12.2 Å². The molecule has 0 unspecified atom stereocenters. The normalized spacial score (nSPS) is 7.91. The Hall–Kier alpha value is 0.852. The third-order valence-electron chi connectivity index (χ3n) is 0.805. The van der Waals surface area contributed by atoms with Crippen molar-refractivity contribution in [2.24, 2.45) is 5.92 Å². The van der Waals surface area contributed by atoms with Crippen LogP contribution in [-0.4, -0.2) is 16.3 Å². The summed E-state index contributed by atoms with van der Waals surface area (Å²) in [6.07, 6.45) is 4.00. The van der Waals surface area contributed by atoms with Crippen LogP contribution in [0.15, 0.2) is 12.2 Å². The summed E-state index contributed by atoms with van der Waals surface area (Å²) >= 11 is 2.69. The first-order valence-corrected chi connectivity index (χ1v) is 4.28. The van der Waals surface area contributed by atoms with Crippen molar-refractivity contribution >= 4 is 16.3 Å². The van der Waals surface area contributed by atoms with Crippen LogP contribution in [0.3, 0.4) is 0 Å². The molecule has 0 aliphatic rings. The zero-order valence-corrected chi connectivity index (χ0v) is 10.4. The molecule has 0 saturated heterocycles. The number of halogens is 2. The second-order valence-electron chi connectivity index (χ2n) is 2.30. The van der Waals surface area contributed by atoms with E-state index in [-0.39, 0.29) is 24.8 Å². The minimum absolute atomic E-state index is 0. The van der Waals surface area contributed by atoms with Crippen molar-refractivity contribution in [1.82, 2.24) is 0 Å². The minimum Gasteiger partial charge on any atom is -1.00 e. The first-order valence-electron chi connectivity index (χ1n) is 3.46. The zero-order chi connectivity index (χ0) is 7.70. The van der Waals surface area contributed by atoms with Crippen molar-refractivity contribution in [1.29, 1.82) is 0 Å². The van der Waals surface area contributed by atoms with Crippen LogP contribution in [0, 0.1) is 5.92 Å². The molecular weight excluding hydrogens is 194 g/mol. The van der Waals surface area contributed by atoms with Crippen LogP contribution in [0.2, 0.25) is 5.28 Å². The molecular formula is C8H17AlCl2. The Labute approximate surface area is 92.1 Å². The van der Waals surface area contributed by atoms with Gasteiger partial charge in [-0.05, 0) is 13.8 Å². The van der Waals surface area contributed by atoms with Crippen molar-refractivity contribution < 1.29 is 24.8 Å². The molecule has 0 nitrogen and oxygen atoms in total. The van der Waals surface area contributed by atoms with Crippen molar-refractivity contribution in [2.75, 3.05) is 0 Å². The van der Waals surface area contributed by atoms with Gasteiger partial charge in [0.15, 0.2) is 0 Å². The smallest absolute Gasteiger partial charge is 0.0470 e. The van der Waals surface area contributed by atoms with Crippen LogP contribution >= 0.6 is 0 Å². The number of hydrogen-bond donors (Lipinski definition) is 0. The van der Waals surface area contributed by atoms with Gasteiger partial charge >= 0.3 is 41.3 Å². The summed E-state index contributed by atoms with van der Waals surface area (Å²) in [5.74, 6) is 0.847. The first-order chi connectivity index (χ1) is 4.18. The average molecular weight is 211 g/mol. The third-order valence-corrected chi connectivity index (χ3v) is 1.75. The van der Waals surface area contributed by atoms with Crippen LogP contribution in [0.25, 0.3) is 0 Å². The van der Waals surface area contributed by atoms with Crippen LogP contribution in [0.5, 0.6) is 0 Å². The maximum atomic E-state index is 2.69. The van der Waals surface area contributed by atoms with E-state index in [0.29, 0.717) is 0 Å². The Kier molecular flexibility index (Phi) is 46.2. The molecule has 3 heteroatoms. The Bertz CT molecular complexity index is 59.1. The largest absolute Gasteiger partial charge is 1.00 e. The van der Waals surface area contributed by atoms with Gasteiger partial charge in [-0.3, -0.25) is 0 Å². The molecule has 11 heavy (non-hydrogen) atoms. The Morgan fingerprint density at radius 3 is 1.27 bits per heavy atom. The van der Waals surface area contributed by atoms with Crippen molar-refractivity contribution in [3.05, 3.63) is 12.2 Å². The van der Waals surface area contributed by atoms with Crippen LogP contribution in [-0.2, 0) is 0 Å². The van der Waals surface area contributed by atoms with E-state index in [1.165, 1.54) is 5.28 Å². The SMILES string of the molecule is CC(C)[CH2][Al+2].CC=CC.[Cl-].[Cl-]. The second kappa shape index (κ2) is 22.4. The predicted octanol–water partition coefficient (Wildman–Crippen LogP) is -3.18. The standard InChI is InChI=1S/C4H9.C4H8.Al.2ClH/c1-4(2)3;1-3-4-2;;;/h4H,1H2,2-3H3;3-4H,1-2H3;;2*1H/q;;+2;;/p-2. The average Bonchev–Trinajstić information content (AvgIpc) is 1.89. The number of hydrogen-bond acceptors (Lipinski definition) is 0. The maximum absolute atomic E-state index is 2.69. The fourth-order valence-corrected chi connectivity index (χ4v) is 0. The van der Waals surface area contributed by atoms with E-state index < -0.39 is 0 Å². The predicted molar refractivity (Wildman–Crippen MR) is 45.9 cm³/mol. The Morgan fingerprint density at radius 2 is 1.27 bits per heavy atom. The molecule has 0 radical (unpaired) electrons. The molecule has 0 N–H and O–H groups in total. The molecule has 0 bridgehead atoms. The van der Waals surface area contributed by atoms with Gasteiger partial charge in [-0.2, -0.15) is 0 Å². The molecule has 0 spiro atoms. The quantitative estimate of drug-likeness (QED) is 0.317. The van der Waals surface area contributed by atoms with Gasteiger partial charge in [0.25, 0.3) is 0 Å². The van der Waals surface area contributed by atoms with Crippen LogP contribution < -0.4 is 24.8 Å². The zero-order valence-electron chi connectivity index (χ0n) is 7.77. The molecule has 0 aliphatic heterocycles. The molecule has 0 fully saturated rings. The summed E-state index contributed by atoms with van der Waals surface area (Å²) in [7, 11) is 0. The maximum Gasteiger partial charge on any atom is -0.0470 e. The van der Waals surface area contributed by atoms with E-state index >= 15 is 0 Å². The molecule has 0 rings (SSSR count). The summed E-state index contributed by atoms with van der Waals surface area (Å²) < 4.78 is 0. The topological polar surface area (TPSA) is 0 Å². The monoisotopic (exact) mass is 210 g/mol. The van der Waals surface area contributed by atoms with Gasteiger partial charge in [-0.25, -0.2) is 0 Å². The van der Waals surface area contributed by atoms with E-state index in [4.69, 9.17) is 0 Å². The van der Waals surface area contributed by atoms with E-state index in [2.05, 4.69) is 30.1 Å². The molecule has 0 saturated carbocycles. The molecule has 0 heterocycles. The second-order valence-corrected chi connectivity index (χ2v) is 2.77. The van der Waals surface area contributed by atoms with Crippen molar-refractivity contribution in [2.45, 2.75) is 33.0 Å². The minimum atomic E-state index is 0. The fourth-order valence-electron chi connectivity index (χ4n) is 0. The van der Waals surface area contributed by atoms with Gasteiger partial charge in [0.2, 0.25) is 0 Å². The van der Waals surface area contributed by atoms with E-state index in [1.54, 1.807) is 0 Å². The van der Waals surface area contributed by atoms with Crippen LogP contribution in [0.1, 0.15) is 27.7 Å². The van der Waals surface area contributed by atoms with Crippen molar-refractivity contribution in [3.63, 3.8) is 0 Å². The summed E-state index contributed by atoms with van der Waals surface area (Å²) in [4.78, 5) is 0. The summed E-state index contributed by atoms with van der Waals surface area (Å²) in [6.45, 7) is 8.40. The van der Waals surface area contributed by atoms with E-state index in [9.17, 15) is 0 Å². The van der Waals surface area contributed by atoms with Crippen molar-refractivity contribution in [3.8, 4) is 0 Å². The van der Waals surface area contributed by atoms with Gasteiger partial charge in [0.05, 0.1) is 0 Å². The fraction of sp³-hybridized carbons (Fsp3) is 0.750. The molecule has 0 aliphatic carbocycles. The first kappa shape index (κ1) is 22.6. The van der Waals surface area contributed by atoms with E-state index in [0.717, 1.165) is 5.92 Å². The third kappa shape index (κ3) is 57.3.